The maximum absolute atomic E-state index is 13.9. The lowest BCUT2D eigenvalue weighted by Crippen LogP contribution is -2.48. The van der Waals surface area contributed by atoms with Crippen LogP contribution in [0.3, 0.4) is 0 Å². The van der Waals surface area contributed by atoms with Crippen LogP contribution in [0.4, 0.5) is 11.4 Å². The van der Waals surface area contributed by atoms with Crippen molar-refractivity contribution in [1.29, 1.82) is 0 Å². The number of nitro groups is 1. The van der Waals surface area contributed by atoms with Gasteiger partial charge in [-0.3, -0.25) is 10.1 Å². The maximum atomic E-state index is 13.9. The van der Waals surface area contributed by atoms with E-state index in [1.54, 1.807) is 50.6 Å². The molecular formula is C31H30N2O7. The molecule has 4 aromatic carbocycles. The molecular weight excluding hydrogens is 512 g/mol. The highest BCUT2D eigenvalue weighted by Crippen LogP contribution is 2.43. The number of anilines is 1. The third kappa shape index (κ3) is 6.05. The molecule has 0 unspecified atom stereocenters. The van der Waals surface area contributed by atoms with Crippen molar-refractivity contribution >= 4 is 17.3 Å². The lowest BCUT2D eigenvalue weighted by Gasteiger charge is -2.39. The average Bonchev–Trinajstić information content (AvgIpc) is 3.01. The van der Waals surface area contributed by atoms with E-state index in [-0.39, 0.29) is 12.3 Å². The molecule has 1 N–H and O–H groups in total. The van der Waals surface area contributed by atoms with Crippen LogP contribution in [0.25, 0.3) is 0 Å². The number of hydrogen-bond acceptors (Lipinski definition) is 8. The topological polar surface area (TPSA) is 109 Å². The van der Waals surface area contributed by atoms with Crippen molar-refractivity contribution in [2.75, 3.05) is 26.6 Å². The number of nitrogens with zero attached hydrogens (tertiary/aromatic N) is 1. The summed E-state index contributed by atoms with van der Waals surface area (Å²) >= 11 is 0. The SMILES string of the molecule is COC(=O)[C@](OCc1ccc(OC)cc1)(c1ccccc1)[C@@H](Nc1ccc(OC)cc1)c1ccc([N+](=O)[O-])cc1. The monoisotopic (exact) mass is 542 g/mol. The number of carbonyl (C=O) groups excluding carboxylic acids is 1. The van der Waals surface area contributed by atoms with Crippen molar-refractivity contribution < 1.29 is 28.7 Å². The molecule has 40 heavy (non-hydrogen) atoms. The maximum Gasteiger partial charge on any atom is 0.345 e. The number of esters is 1. The number of benzene rings is 4. The van der Waals surface area contributed by atoms with Crippen LogP contribution in [0, 0.1) is 10.1 Å². The van der Waals surface area contributed by atoms with Gasteiger partial charge < -0.3 is 24.3 Å². The fraction of sp³-hybridized carbons (Fsp3) is 0.194. The Kier molecular flexibility index (Phi) is 8.98. The summed E-state index contributed by atoms with van der Waals surface area (Å²) in [4.78, 5) is 24.8. The fourth-order valence-electron chi connectivity index (χ4n) is 4.45. The second-order valence-electron chi connectivity index (χ2n) is 8.88. The van der Waals surface area contributed by atoms with Crippen LogP contribution in [0.2, 0.25) is 0 Å². The predicted octanol–water partition coefficient (Wildman–Crippen LogP) is 6.05. The van der Waals surface area contributed by atoms with E-state index in [9.17, 15) is 14.9 Å². The zero-order valence-electron chi connectivity index (χ0n) is 22.4. The van der Waals surface area contributed by atoms with Crippen molar-refractivity contribution in [3.8, 4) is 11.5 Å². The Morgan fingerprint density at radius 3 is 1.93 bits per heavy atom. The van der Waals surface area contributed by atoms with E-state index in [2.05, 4.69) is 5.32 Å². The molecule has 2 atom stereocenters. The molecule has 0 amide bonds. The van der Waals surface area contributed by atoms with Gasteiger partial charge in [0, 0.05) is 17.8 Å². The zero-order chi connectivity index (χ0) is 28.5. The van der Waals surface area contributed by atoms with Crippen LogP contribution in [0.5, 0.6) is 11.5 Å². The number of nitrogens with one attached hydrogen (secondary N) is 1. The van der Waals surface area contributed by atoms with Crippen LogP contribution in [-0.4, -0.2) is 32.2 Å². The summed E-state index contributed by atoms with van der Waals surface area (Å²) in [6.45, 7) is 0.0573. The van der Waals surface area contributed by atoms with E-state index in [0.717, 1.165) is 5.56 Å². The lowest BCUT2D eigenvalue weighted by atomic mass is 9.81. The molecule has 9 nitrogen and oxygen atoms in total. The molecule has 0 aliphatic rings. The lowest BCUT2D eigenvalue weighted by molar-refractivity contribution is -0.384. The van der Waals surface area contributed by atoms with E-state index in [1.807, 2.05) is 54.6 Å². The van der Waals surface area contributed by atoms with Gasteiger partial charge in [0.15, 0.2) is 0 Å². The highest BCUT2D eigenvalue weighted by molar-refractivity contribution is 5.83. The molecule has 0 heterocycles. The van der Waals surface area contributed by atoms with Gasteiger partial charge in [0.1, 0.15) is 11.5 Å². The van der Waals surface area contributed by atoms with Gasteiger partial charge in [0.2, 0.25) is 5.60 Å². The number of carbonyl (C=O) groups is 1. The van der Waals surface area contributed by atoms with Gasteiger partial charge >= 0.3 is 5.97 Å². The standard InChI is InChI=1S/C31H30N2O7/c1-37-27-17-9-22(10-18-27)21-40-31(30(34)39-3,24-7-5-4-6-8-24)29(23-11-15-26(16-12-23)33(35)36)32-25-13-19-28(38-2)20-14-25/h4-20,29,32H,21H2,1-3H3/t29-,31-/m0/s1. The summed E-state index contributed by atoms with van der Waals surface area (Å²) in [6.07, 6.45) is 0. The molecule has 0 spiro atoms. The summed E-state index contributed by atoms with van der Waals surface area (Å²) in [7, 11) is 4.46. The molecule has 4 aromatic rings. The van der Waals surface area contributed by atoms with Crippen molar-refractivity contribution in [2.45, 2.75) is 18.2 Å². The smallest absolute Gasteiger partial charge is 0.345 e. The fourth-order valence-corrected chi connectivity index (χ4v) is 4.45. The Hall–Kier alpha value is -4.89. The summed E-state index contributed by atoms with van der Waals surface area (Å²) < 4.78 is 22.5. The predicted molar refractivity (Wildman–Crippen MR) is 150 cm³/mol. The number of methoxy groups -OCH3 is 3. The highest BCUT2D eigenvalue weighted by Gasteiger charge is 2.51. The summed E-state index contributed by atoms with van der Waals surface area (Å²) in [5.41, 5.74) is 0.810. The van der Waals surface area contributed by atoms with Gasteiger partial charge in [-0.05, 0) is 53.1 Å². The molecule has 0 fully saturated rings. The number of non-ortho nitro benzene ring substituents is 1. The van der Waals surface area contributed by atoms with Crippen molar-refractivity contribution in [3.05, 3.63) is 130 Å². The summed E-state index contributed by atoms with van der Waals surface area (Å²) in [5, 5.41) is 14.8. The summed E-state index contributed by atoms with van der Waals surface area (Å²) in [5.74, 6) is 0.711. The Bertz CT molecular complexity index is 1410. The van der Waals surface area contributed by atoms with Crippen molar-refractivity contribution in [1.82, 2.24) is 0 Å². The van der Waals surface area contributed by atoms with E-state index in [4.69, 9.17) is 18.9 Å². The minimum absolute atomic E-state index is 0.0573. The van der Waals surface area contributed by atoms with Crippen molar-refractivity contribution in [2.24, 2.45) is 0 Å². The number of hydrogen-bond donors (Lipinski definition) is 1. The molecule has 4 rings (SSSR count). The van der Waals surface area contributed by atoms with Crippen LogP contribution in [0.15, 0.2) is 103 Å². The van der Waals surface area contributed by atoms with Crippen LogP contribution < -0.4 is 14.8 Å². The summed E-state index contributed by atoms with van der Waals surface area (Å²) in [6, 6.07) is 28.7. The Morgan fingerprint density at radius 1 is 0.825 bits per heavy atom. The zero-order valence-corrected chi connectivity index (χ0v) is 22.4. The highest BCUT2D eigenvalue weighted by atomic mass is 16.6. The van der Waals surface area contributed by atoms with Gasteiger partial charge in [-0.25, -0.2) is 4.79 Å². The molecule has 0 aliphatic heterocycles. The third-order valence-corrected chi connectivity index (χ3v) is 6.56. The normalized spacial score (nSPS) is 13.0. The Labute approximate surface area is 232 Å². The quantitative estimate of drug-likeness (QED) is 0.131. The first kappa shape index (κ1) is 28.1. The van der Waals surface area contributed by atoms with Crippen LogP contribution >= 0.6 is 0 Å². The molecule has 206 valence electrons. The van der Waals surface area contributed by atoms with Crippen molar-refractivity contribution in [3.63, 3.8) is 0 Å². The van der Waals surface area contributed by atoms with Crippen LogP contribution in [-0.2, 0) is 26.5 Å². The Balaban J connectivity index is 1.88. The molecule has 0 bridgehead atoms. The van der Waals surface area contributed by atoms with E-state index < -0.39 is 22.5 Å². The number of nitro benzene ring substituents is 1. The molecule has 0 saturated carbocycles. The average molecular weight is 543 g/mol. The Morgan fingerprint density at radius 2 is 1.40 bits per heavy atom. The first-order valence-electron chi connectivity index (χ1n) is 12.5. The number of rotatable bonds is 12. The van der Waals surface area contributed by atoms with Gasteiger partial charge in [0.25, 0.3) is 5.69 Å². The van der Waals surface area contributed by atoms with Gasteiger partial charge in [-0.15, -0.1) is 0 Å². The number of ether oxygens (including phenoxy) is 4. The largest absolute Gasteiger partial charge is 0.497 e. The molecule has 0 radical (unpaired) electrons. The van der Waals surface area contributed by atoms with E-state index in [0.29, 0.717) is 28.3 Å². The van der Waals surface area contributed by atoms with Gasteiger partial charge in [-0.2, -0.15) is 0 Å². The molecule has 0 aliphatic carbocycles. The van der Waals surface area contributed by atoms with Gasteiger partial charge in [0.05, 0.1) is 38.9 Å². The third-order valence-electron chi connectivity index (χ3n) is 6.56. The second-order valence-corrected chi connectivity index (χ2v) is 8.88. The van der Waals surface area contributed by atoms with E-state index in [1.165, 1.54) is 19.2 Å². The minimum Gasteiger partial charge on any atom is -0.497 e. The molecule has 9 heteroatoms. The first-order chi connectivity index (χ1) is 19.4. The van der Waals surface area contributed by atoms with E-state index >= 15 is 0 Å². The van der Waals surface area contributed by atoms with Crippen LogP contribution in [0.1, 0.15) is 22.7 Å². The second kappa shape index (κ2) is 12.8. The first-order valence-corrected chi connectivity index (χ1v) is 12.5. The molecule has 0 aromatic heterocycles. The minimum atomic E-state index is -1.70. The van der Waals surface area contributed by atoms with Gasteiger partial charge in [-0.1, -0.05) is 54.6 Å². The molecule has 0 saturated heterocycles.